The van der Waals surface area contributed by atoms with E-state index in [1.165, 1.54) is 0 Å². The van der Waals surface area contributed by atoms with E-state index in [9.17, 15) is 4.79 Å². The molecule has 0 spiro atoms. The van der Waals surface area contributed by atoms with Gasteiger partial charge >= 0.3 is 0 Å². The molecule has 152 valence electrons. The summed E-state index contributed by atoms with van der Waals surface area (Å²) in [6.07, 6.45) is 3.26. The van der Waals surface area contributed by atoms with Crippen molar-refractivity contribution >= 4 is 11.9 Å². The molecule has 0 aliphatic carbocycles. The van der Waals surface area contributed by atoms with Crippen molar-refractivity contribution in [2.75, 3.05) is 52.5 Å². The molecule has 0 aromatic heterocycles. The van der Waals surface area contributed by atoms with Crippen LogP contribution in [0, 0.1) is 5.92 Å². The van der Waals surface area contributed by atoms with Gasteiger partial charge < -0.3 is 20.7 Å². The zero-order chi connectivity index (χ0) is 19.2. The smallest absolute Gasteiger partial charge is 0.241 e. The second-order valence-corrected chi connectivity index (χ2v) is 6.72. The number of guanidine groups is 1. The van der Waals surface area contributed by atoms with Gasteiger partial charge in [0.15, 0.2) is 5.96 Å². The lowest BCUT2D eigenvalue weighted by atomic mass is 9.92. The van der Waals surface area contributed by atoms with Gasteiger partial charge in [-0.15, -0.1) is 0 Å². The summed E-state index contributed by atoms with van der Waals surface area (Å²) in [6, 6.07) is 0.451. The molecule has 0 bridgehead atoms. The van der Waals surface area contributed by atoms with Crippen molar-refractivity contribution in [3.05, 3.63) is 0 Å². The quantitative estimate of drug-likeness (QED) is 0.377. The van der Waals surface area contributed by atoms with Gasteiger partial charge in [0.05, 0.1) is 13.2 Å². The third kappa shape index (κ3) is 8.36. The monoisotopic (exact) mass is 369 g/mol. The van der Waals surface area contributed by atoms with Gasteiger partial charge in [0.25, 0.3) is 0 Å². The maximum atomic E-state index is 11.8. The minimum atomic E-state index is -0.0335. The van der Waals surface area contributed by atoms with Gasteiger partial charge in [-0.25, -0.2) is 4.99 Å². The van der Waals surface area contributed by atoms with Crippen molar-refractivity contribution in [2.24, 2.45) is 10.9 Å². The van der Waals surface area contributed by atoms with Crippen LogP contribution in [0.25, 0.3) is 0 Å². The fraction of sp³-hybridized carbons (Fsp3) is 0.895. The normalized spacial score (nSPS) is 17.2. The summed E-state index contributed by atoms with van der Waals surface area (Å²) in [7, 11) is 0. The number of aliphatic imine (C=N–C) groups is 1. The Labute approximate surface area is 159 Å². The highest BCUT2D eigenvalue weighted by molar-refractivity contribution is 5.84. The molecular formula is C19H39N5O2. The molecule has 1 fully saturated rings. The van der Waals surface area contributed by atoms with E-state index >= 15 is 0 Å². The van der Waals surface area contributed by atoms with E-state index in [-0.39, 0.29) is 12.5 Å². The Hall–Kier alpha value is -1.34. The second kappa shape index (κ2) is 13.8. The van der Waals surface area contributed by atoms with Crippen molar-refractivity contribution in [1.29, 1.82) is 0 Å². The van der Waals surface area contributed by atoms with E-state index in [2.05, 4.69) is 39.7 Å². The number of nitrogens with one attached hydrogen (secondary N) is 3. The number of nitrogens with zero attached hydrogens (tertiary/aromatic N) is 2. The maximum absolute atomic E-state index is 11.8. The molecule has 1 heterocycles. The van der Waals surface area contributed by atoms with Gasteiger partial charge in [0.2, 0.25) is 5.91 Å². The van der Waals surface area contributed by atoms with Crippen LogP contribution in [0.3, 0.4) is 0 Å². The molecule has 0 radical (unpaired) electrons. The molecule has 1 atom stereocenters. The van der Waals surface area contributed by atoms with Gasteiger partial charge in [-0.1, -0.05) is 33.6 Å². The molecule has 1 amide bonds. The lowest BCUT2D eigenvalue weighted by Gasteiger charge is -2.39. The number of morpholine rings is 1. The molecule has 1 aliphatic rings. The Balaban J connectivity index is 2.66. The average Bonchev–Trinajstić information content (AvgIpc) is 2.68. The van der Waals surface area contributed by atoms with Gasteiger partial charge in [0, 0.05) is 38.8 Å². The predicted octanol–water partition coefficient (Wildman–Crippen LogP) is 1.20. The van der Waals surface area contributed by atoms with Crippen molar-refractivity contribution in [2.45, 2.75) is 53.0 Å². The van der Waals surface area contributed by atoms with Crippen LogP contribution < -0.4 is 16.0 Å². The van der Waals surface area contributed by atoms with E-state index in [4.69, 9.17) is 4.74 Å². The van der Waals surface area contributed by atoms with E-state index in [1.807, 2.05) is 13.8 Å². The fourth-order valence-corrected chi connectivity index (χ4v) is 3.35. The van der Waals surface area contributed by atoms with E-state index < -0.39 is 0 Å². The van der Waals surface area contributed by atoms with E-state index in [0.717, 1.165) is 58.7 Å². The molecule has 0 aromatic carbocycles. The van der Waals surface area contributed by atoms with Crippen molar-refractivity contribution < 1.29 is 9.53 Å². The molecular weight excluding hydrogens is 330 g/mol. The molecule has 1 saturated heterocycles. The summed E-state index contributed by atoms with van der Waals surface area (Å²) in [6.45, 7) is 14.6. The van der Waals surface area contributed by atoms with Gasteiger partial charge in [-0.05, 0) is 19.3 Å². The van der Waals surface area contributed by atoms with Crippen LogP contribution in [0.4, 0.5) is 0 Å². The van der Waals surface area contributed by atoms with Crippen LogP contribution >= 0.6 is 0 Å². The SMILES string of the molecule is CCCNC(=O)CN=C(NCC)NCC(C(CC)CC)N1CCOCC1. The average molecular weight is 370 g/mol. The Kier molecular flexibility index (Phi) is 12.1. The topological polar surface area (TPSA) is 78.0 Å². The Morgan fingerprint density at radius 2 is 1.77 bits per heavy atom. The highest BCUT2D eigenvalue weighted by atomic mass is 16.5. The standard InChI is InChI=1S/C19H39N5O2/c1-5-9-21-18(25)15-23-19(20-8-4)22-14-17(16(6-2)7-3)24-10-12-26-13-11-24/h16-17H,5-15H2,1-4H3,(H,21,25)(H2,20,22,23). The second-order valence-electron chi connectivity index (χ2n) is 6.72. The summed E-state index contributed by atoms with van der Waals surface area (Å²) in [5, 5.41) is 9.56. The number of ether oxygens (including phenoxy) is 1. The summed E-state index contributed by atoms with van der Waals surface area (Å²) in [5.41, 5.74) is 0. The van der Waals surface area contributed by atoms with Gasteiger partial charge in [0.1, 0.15) is 6.54 Å². The fourth-order valence-electron chi connectivity index (χ4n) is 3.35. The molecule has 0 aromatic rings. The van der Waals surface area contributed by atoms with Crippen LogP contribution in [0.5, 0.6) is 0 Å². The van der Waals surface area contributed by atoms with Crippen molar-refractivity contribution in [3.63, 3.8) is 0 Å². The van der Waals surface area contributed by atoms with Crippen molar-refractivity contribution in [1.82, 2.24) is 20.9 Å². The molecule has 26 heavy (non-hydrogen) atoms. The first kappa shape index (κ1) is 22.7. The lowest BCUT2D eigenvalue weighted by molar-refractivity contribution is -0.119. The first-order chi connectivity index (χ1) is 12.7. The highest BCUT2D eigenvalue weighted by Crippen LogP contribution is 2.19. The van der Waals surface area contributed by atoms with E-state index in [0.29, 0.717) is 24.5 Å². The van der Waals surface area contributed by atoms with Crippen molar-refractivity contribution in [3.8, 4) is 0 Å². The summed E-state index contributed by atoms with van der Waals surface area (Å²) >= 11 is 0. The molecule has 1 unspecified atom stereocenters. The van der Waals surface area contributed by atoms with Crippen LogP contribution in [-0.4, -0.2) is 75.3 Å². The van der Waals surface area contributed by atoms with Crippen LogP contribution in [0.1, 0.15) is 47.0 Å². The predicted molar refractivity (Wildman–Crippen MR) is 108 cm³/mol. The minimum absolute atomic E-state index is 0.0335. The highest BCUT2D eigenvalue weighted by Gasteiger charge is 2.27. The Morgan fingerprint density at radius 3 is 2.35 bits per heavy atom. The summed E-state index contributed by atoms with van der Waals surface area (Å²) in [4.78, 5) is 18.8. The lowest BCUT2D eigenvalue weighted by Crippen LogP contribution is -2.53. The molecule has 7 heteroatoms. The number of carbonyl (C=O) groups excluding carboxylic acids is 1. The van der Waals surface area contributed by atoms with E-state index in [1.54, 1.807) is 0 Å². The number of amides is 1. The number of hydrogen-bond acceptors (Lipinski definition) is 4. The Bertz CT molecular complexity index is 407. The molecule has 7 nitrogen and oxygen atoms in total. The van der Waals surface area contributed by atoms with Crippen LogP contribution in [-0.2, 0) is 9.53 Å². The maximum Gasteiger partial charge on any atom is 0.241 e. The zero-order valence-electron chi connectivity index (χ0n) is 17.1. The molecule has 3 N–H and O–H groups in total. The third-order valence-electron chi connectivity index (χ3n) is 4.88. The minimum Gasteiger partial charge on any atom is -0.379 e. The summed E-state index contributed by atoms with van der Waals surface area (Å²) < 4.78 is 5.52. The molecule has 1 rings (SSSR count). The third-order valence-corrected chi connectivity index (χ3v) is 4.88. The van der Waals surface area contributed by atoms with Gasteiger partial charge in [-0.3, -0.25) is 9.69 Å². The number of hydrogen-bond donors (Lipinski definition) is 3. The number of carbonyl (C=O) groups is 1. The largest absolute Gasteiger partial charge is 0.379 e. The molecule has 0 saturated carbocycles. The Morgan fingerprint density at radius 1 is 1.08 bits per heavy atom. The first-order valence-electron chi connectivity index (χ1n) is 10.3. The summed E-state index contributed by atoms with van der Waals surface area (Å²) in [5.74, 6) is 1.31. The van der Waals surface area contributed by atoms with Crippen LogP contribution in [0.2, 0.25) is 0 Å². The molecule has 1 aliphatic heterocycles. The van der Waals surface area contributed by atoms with Gasteiger partial charge in [-0.2, -0.15) is 0 Å². The van der Waals surface area contributed by atoms with Crippen LogP contribution in [0.15, 0.2) is 4.99 Å². The zero-order valence-corrected chi connectivity index (χ0v) is 17.1. The number of rotatable bonds is 11. The first-order valence-corrected chi connectivity index (χ1v) is 10.3.